The van der Waals surface area contributed by atoms with Crippen LogP contribution in [0.2, 0.25) is 0 Å². The van der Waals surface area contributed by atoms with Crippen molar-refractivity contribution in [3.8, 4) is 0 Å². The molecule has 16 heavy (non-hydrogen) atoms. The second-order valence-electron chi connectivity index (χ2n) is 3.22. The molecule has 0 spiro atoms. The van der Waals surface area contributed by atoms with Gasteiger partial charge in [-0.15, -0.1) is 0 Å². The van der Waals surface area contributed by atoms with Crippen LogP contribution in [0.5, 0.6) is 0 Å². The lowest BCUT2D eigenvalue weighted by atomic mass is 10.3. The molecule has 0 amide bonds. The molecule has 0 aliphatic heterocycles. The fraction of sp³-hybridized carbons (Fsp3) is 0.100. The highest BCUT2D eigenvalue weighted by molar-refractivity contribution is 5.85. The van der Waals surface area contributed by atoms with Crippen LogP contribution >= 0.6 is 0 Å². The summed E-state index contributed by atoms with van der Waals surface area (Å²) in [6.07, 6.45) is 4.13. The van der Waals surface area contributed by atoms with E-state index in [4.69, 9.17) is 5.11 Å². The van der Waals surface area contributed by atoms with E-state index in [1.807, 2.05) is 0 Å². The lowest BCUT2D eigenvalue weighted by molar-refractivity contribution is 0.0689. The summed E-state index contributed by atoms with van der Waals surface area (Å²) in [7, 11) is 0. The number of halogens is 1. The zero-order valence-corrected chi connectivity index (χ0v) is 8.17. The van der Waals surface area contributed by atoms with E-state index >= 15 is 0 Å². The average Bonchev–Trinajstić information content (AvgIpc) is 2.66. The molecule has 0 fully saturated rings. The number of carboxylic acids is 1. The molecular formula is C10H8FN3O2. The molecule has 0 aliphatic carbocycles. The van der Waals surface area contributed by atoms with Crippen molar-refractivity contribution in [2.45, 2.75) is 6.54 Å². The molecule has 1 N–H and O–H groups in total. The van der Waals surface area contributed by atoms with Gasteiger partial charge in [0.05, 0.1) is 12.7 Å². The molecule has 0 unspecified atom stereocenters. The largest absolute Gasteiger partial charge is 0.476 e. The molecule has 0 saturated heterocycles. The number of hydrogen-bond acceptors (Lipinski definition) is 3. The molecule has 2 aromatic rings. The van der Waals surface area contributed by atoms with E-state index in [9.17, 15) is 9.18 Å². The maximum absolute atomic E-state index is 12.8. The van der Waals surface area contributed by atoms with Crippen molar-refractivity contribution in [1.29, 1.82) is 0 Å². The first kappa shape index (κ1) is 10.3. The molecule has 0 saturated carbocycles. The first-order chi connectivity index (χ1) is 7.65. The Kier molecular flexibility index (Phi) is 2.63. The third kappa shape index (κ3) is 2.22. The average molecular weight is 221 g/mol. The minimum atomic E-state index is -1.09. The summed E-state index contributed by atoms with van der Waals surface area (Å²) in [4.78, 5) is 14.3. The molecule has 2 heterocycles. The van der Waals surface area contributed by atoms with Gasteiger partial charge in [0.15, 0.2) is 5.69 Å². The van der Waals surface area contributed by atoms with Crippen LogP contribution in [0.15, 0.2) is 30.7 Å². The Bertz CT molecular complexity index is 524. The number of hydrogen-bond donors (Lipinski definition) is 1. The lowest BCUT2D eigenvalue weighted by Crippen LogP contribution is -2.04. The first-order valence-electron chi connectivity index (χ1n) is 4.51. The van der Waals surface area contributed by atoms with Crippen molar-refractivity contribution in [2.24, 2.45) is 0 Å². The van der Waals surface area contributed by atoms with E-state index in [2.05, 4.69) is 10.1 Å². The minimum Gasteiger partial charge on any atom is -0.476 e. The highest BCUT2D eigenvalue weighted by Gasteiger charge is 2.06. The third-order valence-electron chi connectivity index (χ3n) is 1.97. The summed E-state index contributed by atoms with van der Waals surface area (Å²) in [6, 6.07) is 2.71. The minimum absolute atomic E-state index is 0.0376. The van der Waals surface area contributed by atoms with E-state index < -0.39 is 11.8 Å². The predicted molar refractivity (Wildman–Crippen MR) is 52.5 cm³/mol. The Morgan fingerprint density at radius 1 is 1.50 bits per heavy atom. The molecule has 2 aromatic heterocycles. The number of aromatic carboxylic acids is 1. The summed E-state index contributed by atoms with van der Waals surface area (Å²) < 4.78 is 14.2. The van der Waals surface area contributed by atoms with Crippen LogP contribution in [0.1, 0.15) is 16.1 Å². The second kappa shape index (κ2) is 4.09. The van der Waals surface area contributed by atoms with Gasteiger partial charge in [0.1, 0.15) is 5.82 Å². The van der Waals surface area contributed by atoms with E-state index in [-0.39, 0.29) is 12.2 Å². The Hall–Kier alpha value is -2.24. The van der Waals surface area contributed by atoms with E-state index in [0.29, 0.717) is 5.56 Å². The van der Waals surface area contributed by atoms with Gasteiger partial charge in [-0.1, -0.05) is 0 Å². The third-order valence-corrected chi connectivity index (χ3v) is 1.97. The smallest absolute Gasteiger partial charge is 0.356 e. The van der Waals surface area contributed by atoms with E-state index in [1.165, 1.54) is 29.2 Å². The molecule has 5 nitrogen and oxygen atoms in total. The SMILES string of the molecule is O=C(O)c1ccn(Cc2cncc(F)c2)n1. The van der Waals surface area contributed by atoms with Crippen LogP contribution in [0.25, 0.3) is 0 Å². The van der Waals surface area contributed by atoms with Crippen LogP contribution < -0.4 is 0 Å². The number of nitrogens with zero attached hydrogens (tertiary/aromatic N) is 3. The number of pyridine rings is 1. The van der Waals surface area contributed by atoms with E-state index in [1.54, 1.807) is 0 Å². The zero-order chi connectivity index (χ0) is 11.5. The standard InChI is InChI=1S/C10H8FN3O2/c11-8-3-7(4-12-5-8)6-14-2-1-9(13-14)10(15)16/h1-5H,6H2,(H,15,16). The van der Waals surface area contributed by atoms with Gasteiger partial charge in [-0.3, -0.25) is 9.67 Å². The van der Waals surface area contributed by atoms with Gasteiger partial charge in [0.25, 0.3) is 0 Å². The molecule has 0 bridgehead atoms. The summed E-state index contributed by atoms with van der Waals surface area (Å²) >= 11 is 0. The Balaban J connectivity index is 2.17. The molecule has 82 valence electrons. The number of aromatic nitrogens is 3. The van der Waals surface area contributed by atoms with Gasteiger partial charge >= 0.3 is 5.97 Å². The van der Waals surface area contributed by atoms with Crippen LogP contribution in [-0.4, -0.2) is 25.8 Å². The van der Waals surface area contributed by atoms with Crippen molar-refractivity contribution >= 4 is 5.97 Å². The van der Waals surface area contributed by atoms with Crippen LogP contribution in [-0.2, 0) is 6.54 Å². The van der Waals surface area contributed by atoms with Crippen LogP contribution in [0, 0.1) is 5.82 Å². The van der Waals surface area contributed by atoms with E-state index in [0.717, 1.165) is 6.20 Å². The second-order valence-corrected chi connectivity index (χ2v) is 3.22. The summed E-state index contributed by atoms with van der Waals surface area (Å²) in [5.74, 6) is -1.51. The van der Waals surface area contributed by atoms with Crippen molar-refractivity contribution in [3.63, 3.8) is 0 Å². The number of rotatable bonds is 3. The fourth-order valence-electron chi connectivity index (χ4n) is 1.29. The molecule has 0 atom stereocenters. The van der Waals surface area contributed by atoms with Gasteiger partial charge < -0.3 is 5.11 Å². The molecule has 6 heteroatoms. The van der Waals surface area contributed by atoms with Crippen LogP contribution in [0.3, 0.4) is 0 Å². The zero-order valence-electron chi connectivity index (χ0n) is 8.17. The monoisotopic (exact) mass is 221 g/mol. The molecule has 0 radical (unpaired) electrons. The quantitative estimate of drug-likeness (QED) is 0.844. The number of carboxylic acid groups (broad SMARTS) is 1. The van der Waals surface area contributed by atoms with Crippen LogP contribution in [0.4, 0.5) is 4.39 Å². The molecular weight excluding hydrogens is 213 g/mol. The van der Waals surface area contributed by atoms with Gasteiger partial charge in [-0.05, 0) is 17.7 Å². The van der Waals surface area contributed by atoms with Crippen molar-refractivity contribution in [2.75, 3.05) is 0 Å². The topological polar surface area (TPSA) is 68.0 Å². The van der Waals surface area contributed by atoms with Crippen molar-refractivity contribution in [1.82, 2.24) is 14.8 Å². The predicted octanol–water partition coefficient (Wildman–Crippen LogP) is 1.16. The fourth-order valence-corrected chi connectivity index (χ4v) is 1.29. The Morgan fingerprint density at radius 2 is 2.31 bits per heavy atom. The summed E-state index contributed by atoms with van der Waals surface area (Å²) in [5.41, 5.74) is 0.587. The Labute approximate surface area is 90.2 Å². The van der Waals surface area contributed by atoms with Gasteiger partial charge in [-0.2, -0.15) is 5.10 Å². The molecule has 0 aromatic carbocycles. The molecule has 2 rings (SSSR count). The summed E-state index contributed by atoms with van der Waals surface area (Å²) in [5, 5.41) is 12.5. The maximum Gasteiger partial charge on any atom is 0.356 e. The highest BCUT2D eigenvalue weighted by Crippen LogP contribution is 2.04. The molecule has 0 aliphatic rings. The maximum atomic E-state index is 12.8. The van der Waals surface area contributed by atoms with Gasteiger partial charge in [0.2, 0.25) is 0 Å². The highest BCUT2D eigenvalue weighted by atomic mass is 19.1. The Morgan fingerprint density at radius 3 is 2.94 bits per heavy atom. The van der Waals surface area contributed by atoms with Gasteiger partial charge in [-0.25, -0.2) is 9.18 Å². The lowest BCUT2D eigenvalue weighted by Gasteiger charge is -2.00. The van der Waals surface area contributed by atoms with Gasteiger partial charge in [0, 0.05) is 12.4 Å². The summed E-state index contributed by atoms with van der Waals surface area (Å²) in [6.45, 7) is 0.290. The number of carbonyl (C=O) groups is 1. The normalized spacial score (nSPS) is 10.3. The first-order valence-corrected chi connectivity index (χ1v) is 4.51. The van der Waals surface area contributed by atoms with Crippen molar-refractivity contribution < 1.29 is 14.3 Å². The van der Waals surface area contributed by atoms with Crippen molar-refractivity contribution in [3.05, 3.63) is 47.8 Å².